The summed E-state index contributed by atoms with van der Waals surface area (Å²) in [7, 11) is 0. The SMILES string of the molecule is CC1CC(n2ccc(NC(=O)Nc3ccc4ccccc4c3)nc2=O)OC1C. The fourth-order valence-corrected chi connectivity index (χ4v) is 3.37. The number of benzene rings is 2. The zero-order valence-electron chi connectivity index (χ0n) is 15.8. The minimum absolute atomic E-state index is 0.0995. The van der Waals surface area contributed by atoms with Crippen molar-refractivity contribution in [2.45, 2.75) is 32.6 Å². The van der Waals surface area contributed by atoms with Crippen LogP contribution < -0.4 is 16.3 Å². The Labute approximate surface area is 162 Å². The van der Waals surface area contributed by atoms with E-state index in [1.165, 1.54) is 4.57 Å². The van der Waals surface area contributed by atoms with Crippen molar-refractivity contribution in [1.29, 1.82) is 0 Å². The number of hydrogen-bond donors (Lipinski definition) is 2. The number of amides is 2. The van der Waals surface area contributed by atoms with Crippen LogP contribution in [0.5, 0.6) is 0 Å². The molecule has 0 radical (unpaired) electrons. The second-order valence-corrected chi connectivity index (χ2v) is 7.15. The molecule has 4 rings (SSSR count). The molecule has 2 aromatic carbocycles. The van der Waals surface area contributed by atoms with Gasteiger partial charge in [-0.3, -0.25) is 9.88 Å². The van der Waals surface area contributed by atoms with E-state index in [1.54, 1.807) is 12.3 Å². The number of nitrogens with zero attached hydrogens (tertiary/aromatic N) is 2. The third-order valence-corrected chi connectivity index (χ3v) is 5.14. The lowest BCUT2D eigenvalue weighted by molar-refractivity contribution is 0.00319. The van der Waals surface area contributed by atoms with Gasteiger partial charge in [0.1, 0.15) is 12.0 Å². The number of aromatic nitrogens is 2. The molecule has 0 spiro atoms. The smallest absolute Gasteiger partial charge is 0.351 e. The highest BCUT2D eigenvalue weighted by atomic mass is 16.5. The lowest BCUT2D eigenvalue weighted by Gasteiger charge is -2.14. The van der Waals surface area contributed by atoms with Crippen molar-refractivity contribution < 1.29 is 9.53 Å². The van der Waals surface area contributed by atoms with Crippen molar-refractivity contribution in [3.05, 3.63) is 65.2 Å². The second kappa shape index (κ2) is 7.44. The van der Waals surface area contributed by atoms with Crippen LogP contribution in [0.2, 0.25) is 0 Å². The van der Waals surface area contributed by atoms with Crippen LogP contribution in [0.4, 0.5) is 16.3 Å². The second-order valence-electron chi connectivity index (χ2n) is 7.15. The molecule has 3 aromatic rings. The van der Waals surface area contributed by atoms with E-state index in [1.807, 2.05) is 49.4 Å². The van der Waals surface area contributed by atoms with E-state index in [9.17, 15) is 9.59 Å². The first-order valence-corrected chi connectivity index (χ1v) is 9.31. The molecule has 0 bridgehead atoms. The number of ether oxygens (including phenoxy) is 1. The van der Waals surface area contributed by atoms with Crippen molar-refractivity contribution in [2.24, 2.45) is 5.92 Å². The van der Waals surface area contributed by atoms with Gasteiger partial charge in [-0.05, 0) is 48.2 Å². The number of hydrogen-bond acceptors (Lipinski definition) is 4. The standard InChI is InChI=1S/C21H22N4O3/c1-13-11-19(28-14(13)2)25-10-9-18(24-21(25)27)23-20(26)22-17-8-7-15-5-3-4-6-16(15)12-17/h3-10,12-14,19H,11H2,1-2H3,(H2,22,23,24,26,27). The largest absolute Gasteiger partial charge is 0.355 e. The molecule has 3 atom stereocenters. The molecule has 1 fully saturated rings. The summed E-state index contributed by atoms with van der Waals surface area (Å²) in [6, 6.07) is 14.7. The Kier molecular flexibility index (Phi) is 4.83. The minimum Gasteiger partial charge on any atom is -0.355 e. The summed E-state index contributed by atoms with van der Waals surface area (Å²) in [5.74, 6) is 0.570. The van der Waals surface area contributed by atoms with E-state index in [4.69, 9.17) is 4.74 Å². The first-order chi connectivity index (χ1) is 13.5. The molecule has 2 amide bonds. The number of anilines is 2. The van der Waals surface area contributed by atoms with E-state index in [2.05, 4.69) is 22.5 Å². The maximum absolute atomic E-state index is 12.3. The van der Waals surface area contributed by atoms with Gasteiger partial charge < -0.3 is 10.1 Å². The van der Waals surface area contributed by atoms with Crippen LogP contribution in [0.1, 0.15) is 26.5 Å². The van der Waals surface area contributed by atoms with Crippen LogP contribution >= 0.6 is 0 Å². The first kappa shape index (κ1) is 18.2. The van der Waals surface area contributed by atoms with Crippen LogP contribution in [0.3, 0.4) is 0 Å². The summed E-state index contributed by atoms with van der Waals surface area (Å²) in [4.78, 5) is 28.5. The van der Waals surface area contributed by atoms with Crippen LogP contribution in [0, 0.1) is 5.92 Å². The van der Waals surface area contributed by atoms with Gasteiger partial charge in [0.2, 0.25) is 0 Å². The molecule has 1 aliphatic rings. The average molecular weight is 378 g/mol. The summed E-state index contributed by atoms with van der Waals surface area (Å²) in [5, 5.41) is 7.48. The molecule has 1 aromatic heterocycles. The van der Waals surface area contributed by atoms with Gasteiger partial charge >= 0.3 is 11.7 Å². The molecule has 2 heterocycles. The maximum atomic E-state index is 12.3. The van der Waals surface area contributed by atoms with Crippen molar-refractivity contribution in [2.75, 3.05) is 10.6 Å². The normalized spacial score (nSPS) is 21.6. The summed E-state index contributed by atoms with van der Waals surface area (Å²) >= 11 is 0. The predicted molar refractivity (Wildman–Crippen MR) is 108 cm³/mol. The third kappa shape index (κ3) is 3.75. The molecular formula is C21H22N4O3. The number of carbonyl (C=O) groups excluding carboxylic acids is 1. The molecule has 144 valence electrons. The fourth-order valence-electron chi connectivity index (χ4n) is 3.37. The molecule has 7 heteroatoms. The molecule has 1 saturated heterocycles. The van der Waals surface area contributed by atoms with E-state index in [-0.39, 0.29) is 18.1 Å². The number of rotatable bonds is 3. The highest BCUT2D eigenvalue weighted by Crippen LogP contribution is 2.31. The van der Waals surface area contributed by atoms with Crippen LogP contribution in [-0.4, -0.2) is 21.7 Å². The van der Waals surface area contributed by atoms with Gasteiger partial charge in [-0.25, -0.2) is 9.59 Å². The monoisotopic (exact) mass is 378 g/mol. The van der Waals surface area contributed by atoms with Gasteiger partial charge in [-0.15, -0.1) is 0 Å². The van der Waals surface area contributed by atoms with Gasteiger partial charge in [0, 0.05) is 11.9 Å². The third-order valence-electron chi connectivity index (χ3n) is 5.14. The maximum Gasteiger partial charge on any atom is 0.351 e. The van der Waals surface area contributed by atoms with E-state index in [0.717, 1.165) is 17.2 Å². The summed E-state index contributed by atoms with van der Waals surface area (Å²) in [6.45, 7) is 4.09. The minimum atomic E-state index is -0.459. The van der Waals surface area contributed by atoms with Gasteiger partial charge in [-0.1, -0.05) is 37.3 Å². The zero-order chi connectivity index (χ0) is 19.7. The molecule has 1 aliphatic heterocycles. The number of carbonyl (C=O) groups is 1. The Bertz CT molecular complexity index is 1070. The first-order valence-electron chi connectivity index (χ1n) is 9.31. The Hall–Kier alpha value is -3.19. The van der Waals surface area contributed by atoms with Crippen molar-refractivity contribution in [3.63, 3.8) is 0 Å². The van der Waals surface area contributed by atoms with Crippen molar-refractivity contribution in [3.8, 4) is 0 Å². The number of nitrogens with one attached hydrogen (secondary N) is 2. The predicted octanol–water partition coefficient (Wildman–Crippen LogP) is 3.98. The lowest BCUT2D eigenvalue weighted by atomic mass is 10.1. The molecule has 28 heavy (non-hydrogen) atoms. The topological polar surface area (TPSA) is 85.3 Å². The quantitative estimate of drug-likeness (QED) is 0.722. The lowest BCUT2D eigenvalue weighted by Crippen LogP contribution is -2.29. The van der Waals surface area contributed by atoms with Gasteiger partial charge in [0.15, 0.2) is 0 Å². The van der Waals surface area contributed by atoms with Crippen LogP contribution in [0.15, 0.2) is 59.5 Å². The van der Waals surface area contributed by atoms with Gasteiger partial charge in [0.05, 0.1) is 6.10 Å². The Morgan fingerprint density at radius 3 is 2.61 bits per heavy atom. The highest BCUT2D eigenvalue weighted by molar-refractivity contribution is 6.00. The molecule has 0 aliphatic carbocycles. The molecule has 3 unspecified atom stereocenters. The molecular weight excluding hydrogens is 356 g/mol. The Morgan fingerprint density at radius 2 is 1.89 bits per heavy atom. The number of fused-ring (bicyclic) bond motifs is 1. The van der Waals surface area contributed by atoms with E-state index in [0.29, 0.717) is 11.6 Å². The average Bonchev–Trinajstić information content (AvgIpc) is 3.00. The van der Waals surface area contributed by atoms with Crippen LogP contribution in [-0.2, 0) is 4.74 Å². The van der Waals surface area contributed by atoms with Gasteiger partial charge in [-0.2, -0.15) is 4.98 Å². The van der Waals surface area contributed by atoms with Gasteiger partial charge in [0.25, 0.3) is 0 Å². The summed E-state index contributed by atoms with van der Waals surface area (Å²) in [5.41, 5.74) is 0.210. The van der Waals surface area contributed by atoms with E-state index >= 15 is 0 Å². The summed E-state index contributed by atoms with van der Waals surface area (Å²) < 4.78 is 7.26. The fraction of sp³-hybridized carbons (Fsp3) is 0.286. The Morgan fingerprint density at radius 1 is 1.11 bits per heavy atom. The number of urea groups is 1. The molecule has 7 nitrogen and oxygen atoms in total. The van der Waals surface area contributed by atoms with E-state index < -0.39 is 11.7 Å². The van der Waals surface area contributed by atoms with Crippen LogP contribution in [0.25, 0.3) is 10.8 Å². The Balaban J connectivity index is 1.44. The zero-order valence-corrected chi connectivity index (χ0v) is 15.8. The van der Waals surface area contributed by atoms with Crippen molar-refractivity contribution in [1.82, 2.24) is 9.55 Å². The molecule has 0 saturated carbocycles. The highest BCUT2D eigenvalue weighted by Gasteiger charge is 2.30. The summed E-state index contributed by atoms with van der Waals surface area (Å²) in [6.07, 6.45) is 2.15. The molecule has 2 N–H and O–H groups in total. The van der Waals surface area contributed by atoms with Crippen molar-refractivity contribution >= 4 is 28.3 Å².